The van der Waals surface area contributed by atoms with Gasteiger partial charge >= 0.3 is 6.18 Å². The van der Waals surface area contributed by atoms with Crippen LogP contribution in [0.15, 0.2) is 5.38 Å². The summed E-state index contributed by atoms with van der Waals surface area (Å²) in [7, 11) is 0. The number of hydrogen-bond acceptors (Lipinski definition) is 3. The Morgan fingerprint density at radius 3 is 2.69 bits per heavy atom. The molecule has 0 amide bonds. The minimum absolute atomic E-state index is 0.188. The minimum Gasteiger partial charge on any atom is -0.310 e. The number of halogens is 3. The first-order valence-corrected chi connectivity index (χ1v) is 6.04. The van der Waals surface area contributed by atoms with Gasteiger partial charge in [0.05, 0.1) is 0 Å². The summed E-state index contributed by atoms with van der Waals surface area (Å²) >= 11 is 1.56. The number of rotatable bonds is 6. The Bertz CT molecular complexity index is 309. The summed E-state index contributed by atoms with van der Waals surface area (Å²) in [5, 5.41) is 6.02. The first kappa shape index (κ1) is 13.4. The highest BCUT2D eigenvalue weighted by molar-refractivity contribution is 7.09. The molecule has 0 saturated heterocycles. The molecule has 92 valence electrons. The Morgan fingerprint density at radius 1 is 1.38 bits per heavy atom. The first-order valence-electron chi connectivity index (χ1n) is 5.16. The molecule has 0 atom stereocenters. The van der Waals surface area contributed by atoms with Gasteiger partial charge in [-0.05, 0) is 26.3 Å². The van der Waals surface area contributed by atoms with Gasteiger partial charge in [-0.3, -0.25) is 0 Å². The van der Waals surface area contributed by atoms with Gasteiger partial charge in [0.25, 0.3) is 0 Å². The lowest BCUT2D eigenvalue weighted by molar-refractivity contribution is -0.135. The third kappa shape index (κ3) is 6.07. The van der Waals surface area contributed by atoms with Gasteiger partial charge in [0.1, 0.15) is 5.01 Å². The molecule has 0 aromatic carbocycles. The smallest absolute Gasteiger partial charge is 0.310 e. The van der Waals surface area contributed by atoms with Gasteiger partial charge in [0, 0.05) is 24.0 Å². The van der Waals surface area contributed by atoms with Crippen LogP contribution in [0, 0.1) is 6.92 Å². The molecule has 0 radical (unpaired) electrons. The third-order valence-corrected chi connectivity index (χ3v) is 2.97. The summed E-state index contributed by atoms with van der Waals surface area (Å²) in [5.41, 5.74) is 0.985. The van der Waals surface area contributed by atoms with Gasteiger partial charge in [-0.2, -0.15) is 13.2 Å². The number of unbranched alkanes of at least 4 members (excludes halogenated alkanes) is 1. The molecule has 6 heteroatoms. The summed E-state index contributed by atoms with van der Waals surface area (Å²) in [4.78, 5) is 4.24. The second-order valence-corrected chi connectivity index (χ2v) is 4.57. The Balaban J connectivity index is 2.00. The molecule has 1 rings (SSSR count). The molecule has 0 spiro atoms. The zero-order chi connectivity index (χ0) is 12.0. The lowest BCUT2D eigenvalue weighted by atomic mass is 10.2. The van der Waals surface area contributed by atoms with Crippen LogP contribution in [-0.2, 0) is 6.54 Å². The van der Waals surface area contributed by atoms with Crippen LogP contribution in [0.2, 0.25) is 0 Å². The molecule has 1 aromatic heterocycles. The van der Waals surface area contributed by atoms with E-state index in [1.165, 1.54) is 0 Å². The number of alkyl halides is 3. The van der Waals surface area contributed by atoms with E-state index in [9.17, 15) is 13.2 Å². The summed E-state index contributed by atoms with van der Waals surface area (Å²) in [6.07, 6.45) is -3.98. The van der Waals surface area contributed by atoms with Gasteiger partial charge < -0.3 is 5.32 Å². The number of thiazole rings is 1. The molecule has 16 heavy (non-hydrogen) atoms. The molecule has 0 saturated carbocycles. The Labute approximate surface area is 96.9 Å². The number of nitrogens with one attached hydrogen (secondary N) is 1. The maximum Gasteiger partial charge on any atom is 0.389 e. The highest BCUT2D eigenvalue weighted by Gasteiger charge is 2.25. The van der Waals surface area contributed by atoms with Crippen LogP contribution in [0.4, 0.5) is 13.2 Å². The highest BCUT2D eigenvalue weighted by atomic mass is 32.1. The van der Waals surface area contributed by atoms with Crippen LogP contribution >= 0.6 is 11.3 Å². The number of aromatic nitrogens is 1. The van der Waals surface area contributed by atoms with Crippen molar-refractivity contribution in [2.45, 2.75) is 38.9 Å². The summed E-state index contributed by atoms with van der Waals surface area (Å²) in [6, 6.07) is 0. The van der Waals surface area contributed by atoms with Crippen molar-refractivity contribution in [2.75, 3.05) is 6.54 Å². The summed E-state index contributed by atoms with van der Waals surface area (Å²) < 4.78 is 35.4. The maximum absolute atomic E-state index is 11.8. The number of hydrogen-bond donors (Lipinski definition) is 1. The van der Waals surface area contributed by atoms with E-state index in [0.29, 0.717) is 19.5 Å². The molecule has 1 aromatic rings. The Morgan fingerprint density at radius 2 is 2.12 bits per heavy atom. The monoisotopic (exact) mass is 252 g/mol. The normalized spacial score (nSPS) is 12.0. The van der Waals surface area contributed by atoms with E-state index in [1.54, 1.807) is 11.3 Å². The van der Waals surface area contributed by atoms with Gasteiger partial charge in [-0.1, -0.05) is 0 Å². The van der Waals surface area contributed by atoms with Crippen LogP contribution in [0.1, 0.15) is 30.0 Å². The fourth-order valence-corrected chi connectivity index (χ4v) is 2.00. The van der Waals surface area contributed by atoms with E-state index in [1.807, 2.05) is 12.3 Å². The van der Waals surface area contributed by atoms with Crippen molar-refractivity contribution < 1.29 is 13.2 Å². The van der Waals surface area contributed by atoms with E-state index < -0.39 is 12.6 Å². The van der Waals surface area contributed by atoms with Crippen LogP contribution in [0.5, 0.6) is 0 Å². The molecule has 0 aliphatic heterocycles. The van der Waals surface area contributed by atoms with Crippen LogP contribution in [0.3, 0.4) is 0 Å². The maximum atomic E-state index is 11.8. The standard InChI is InChI=1S/C10H15F3N2S/c1-8-7-16-9(15-8)6-14-5-3-2-4-10(11,12)13/h7,14H,2-6H2,1H3. The molecule has 1 N–H and O–H groups in total. The van der Waals surface area contributed by atoms with Crippen molar-refractivity contribution in [3.63, 3.8) is 0 Å². The lowest BCUT2D eigenvalue weighted by Crippen LogP contribution is -2.15. The van der Waals surface area contributed by atoms with Gasteiger partial charge in [0.2, 0.25) is 0 Å². The molecule has 1 heterocycles. The molecule has 0 unspecified atom stereocenters. The summed E-state index contributed by atoms with van der Waals surface area (Å²) in [6.45, 7) is 3.17. The van der Waals surface area contributed by atoms with E-state index in [4.69, 9.17) is 0 Å². The van der Waals surface area contributed by atoms with E-state index in [2.05, 4.69) is 10.3 Å². The fourth-order valence-electron chi connectivity index (χ4n) is 1.25. The van der Waals surface area contributed by atoms with Crippen molar-refractivity contribution in [2.24, 2.45) is 0 Å². The SMILES string of the molecule is Cc1csc(CNCCCCC(F)(F)F)n1. The molecule has 2 nitrogen and oxygen atoms in total. The second kappa shape index (κ2) is 6.20. The molecule has 0 aliphatic rings. The third-order valence-electron chi connectivity index (χ3n) is 2.01. The van der Waals surface area contributed by atoms with Crippen LogP contribution in [0.25, 0.3) is 0 Å². The van der Waals surface area contributed by atoms with Crippen molar-refractivity contribution >= 4 is 11.3 Å². The largest absolute Gasteiger partial charge is 0.389 e. The van der Waals surface area contributed by atoms with E-state index in [0.717, 1.165) is 10.7 Å². The van der Waals surface area contributed by atoms with Crippen molar-refractivity contribution in [3.8, 4) is 0 Å². The minimum atomic E-state index is -4.02. The highest BCUT2D eigenvalue weighted by Crippen LogP contribution is 2.21. The predicted octanol–water partition coefficient (Wildman–Crippen LogP) is 3.27. The van der Waals surface area contributed by atoms with Gasteiger partial charge in [-0.15, -0.1) is 11.3 Å². The van der Waals surface area contributed by atoms with E-state index >= 15 is 0 Å². The van der Waals surface area contributed by atoms with Crippen molar-refractivity contribution in [1.82, 2.24) is 10.3 Å². The summed E-state index contributed by atoms with van der Waals surface area (Å²) in [5.74, 6) is 0. The molecule has 0 bridgehead atoms. The lowest BCUT2D eigenvalue weighted by Gasteiger charge is -2.05. The molecule has 0 aliphatic carbocycles. The Kier molecular flexibility index (Phi) is 5.21. The Hall–Kier alpha value is -0.620. The topological polar surface area (TPSA) is 24.9 Å². The second-order valence-electron chi connectivity index (χ2n) is 3.63. The van der Waals surface area contributed by atoms with Crippen molar-refractivity contribution in [1.29, 1.82) is 0 Å². The molecular weight excluding hydrogens is 237 g/mol. The zero-order valence-corrected chi connectivity index (χ0v) is 9.92. The fraction of sp³-hybridized carbons (Fsp3) is 0.700. The van der Waals surface area contributed by atoms with E-state index in [-0.39, 0.29) is 6.42 Å². The van der Waals surface area contributed by atoms with Gasteiger partial charge in [0.15, 0.2) is 0 Å². The van der Waals surface area contributed by atoms with Crippen LogP contribution < -0.4 is 5.32 Å². The number of aryl methyl sites for hydroxylation is 1. The molecular formula is C10H15F3N2S. The number of nitrogens with zero attached hydrogens (tertiary/aromatic N) is 1. The quantitative estimate of drug-likeness (QED) is 0.786. The average Bonchev–Trinajstić information content (AvgIpc) is 2.56. The van der Waals surface area contributed by atoms with Crippen molar-refractivity contribution in [3.05, 3.63) is 16.1 Å². The average molecular weight is 252 g/mol. The zero-order valence-electron chi connectivity index (χ0n) is 9.10. The first-order chi connectivity index (χ1) is 7.47. The van der Waals surface area contributed by atoms with Gasteiger partial charge in [-0.25, -0.2) is 4.98 Å². The van der Waals surface area contributed by atoms with Crippen LogP contribution in [-0.4, -0.2) is 17.7 Å². The molecule has 0 fully saturated rings. The predicted molar refractivity (Wildman–Crippen MR) is 58.5 cm³/mol.